The van der Waals surface area contributed by atoms with Gasteiger partial charge < -0.3 is 38.4 Å². The number of hydrogen-bond donors (Lipinski definition) is 2. The number of ether oxygens (including phenoxy) is 6. The molecule has 2 N–H and O–H groups in total. The van der Waals surface area contributed by atoms with E-state index in [0.717, 1.165) is 92.9 Å². The molecule has 7 aromatic rings. The predicted octanol–water partition coefficient (Wildman–Crippen LogP) is 21.4. The van der Waals surface area contributed by atoms with Crippen molar-refractivity contribution in [2.45, 2.75) is 222 Å². The number of aliphatic imine (C=N–C) groups is 4. The molecule has 11 heterocycles. The summed E-state index contributed by atoms with van der Waals surface area (Å²) in [5.74, 6) is 19.3. The topological polar surface area (TPSA) is 188 Å². The predicted molar refractivity (Wildman–Crippen MR) is 449 cm³/mol. The van der Waals surface area contributed by atoms with E-state index in [4.69, 9.17) is 68.3 Å². The molecular formula is C94H112N10O6. The van der Waals surface area contributed by atoms with Crippen LogP contribution in [0, 0.1) is 47.4 Å². The number of aromatic amines is 2. The van der Waals surface area contributed by atoms with Crippen molar-refractivity contribution >= 4 is 70.0 Å². The van der Waals surface area contributed by atoms with E-state index >= 15 is 0 Å². The Morgan fingerprint density at radius 1 is 0.345 bits per heavy atom. The Morgan fingerprint density at radius 2 is 0.636 bits per heavy atom. The number of benzene rings is 2. The number of unbranched alkanes of at least 4 members (excludes halogenated alkanes) is 18. The fraction of sp³-hybridized carbons (Fsp3) is 0.468. The molecule has 16 heteroatoms. The summed E-state index contributed by atoms with van der Waals surface area (Å²) in [6, 6.07) is 33.1. The third-order valence-electron chi connectivity index (χ3n) is 21.5. The van der Waals surface area contributed by atoms with E-state index in [-0.39, 0.29) is 47.8 Å². The zero-order chi connectivity index (χ0) is 76.3. The smallest absolute Gasteiger partial charge is 0.235 e. The molecule has 2 aromatic carbocycles. The molecular weight excluding hydrogens is 1370 g/mol. The Hall–Kier alpha value is -10.1. The summed E-state index contributed by atoms with van der Waals surface area (Å²) in [7, 11) is 0. The molecule has 574 valence electrons. The average molecular weight is 1480 g/mol. The molecule has 0 amide bonds. The van der Waals surface area contributed by atoms with Crippen molar-refractivity contribution < 1.29 is 28.4 Å². The Morgan fingerprint density at radius 3 is 0.936 bits per heavy atom. The Bertz CT molecular complexity index is 4440. The van der Waals surface area contributed by atoms with E-state index in [9.17, 15) is 0 Å². The second-order valence-electron chi connectivity index (χ2n) is 31.6. The zero-order valence-corrected chi connectivity index (χ0v) is 66.6. The minimum atomic E-state index is 0.00351. The maximum atomic E-state index is 6.45. The van der Waals surface area contributed by atoms with E-state index in [1.54, 1.807) is 0 Å². The molecule has 0 saturated heterocycles. The molecule has 0 saturated carbocycles. The van der Waals surface area contributed by atoms with Crippen molar-refractivity contribution in [2.75, 3.05) is 39.6 Å². The van der Waals surface area contributed by atoms with Crippen molar-refractivity contribution in [3.05, 3.63) is 165 Å². The standard InChI is InChI=1S/C94H112N10O6/c1-11-13-15-17-19-21-23-25-27-29-51-105-69-37-33-67(34-38-69)89-77-47-43-73(95-77)71(41-31-65-53-81(91-101-85(57-107-91)61(3)4)99-82(54-65)92-102-86(58-108-92)62(5)6)75-45-49-79(97-75)90(68-35-39-70(40-36-68)106-52-30-28-26-24-22-20-18-16-14-12-2)80-50-46-76(98-80)72(74-44-48-78(89)96-74)42-32-66-55-83(93-103-87(59-109-93)63(7)8)100-84(56-66)94-104-88(60-110-94)64(9)10/h33-40,43-50,53-56,61-64,85-88,95,98H,11-30,51-52,57-60H2,1-10H3/t85-,86-,87-,88-/m1/s1. The number of aromatic nitrogens is 6. The molecule has 0 fully saturated rings. The highest BCUT2D eigenvalue weighted by atomic mass is 16.5. The Kier molecular flexibility index (Phi) is 27.0. The average Bonchev–Trinajstić information content (AvgIpc) is 1.59. The number of hydrogen-bond acceptors (Lipinski definition) is 14. The van der Waals surface area contributed by atoms with Gasteiger partial charge in [0.15, 0.2) is 0 Å². The lowest BCUT2D eigenvalue weighted by molar-refractivity contribution is 0.290. The van der Waals surface area contributed by atoms with E-state index < -0.39 is 0 Å². The molecule has 4 atom stereocenters. The first kappa shape index (κ1) is 78.1. The van der Waals surface area contributed by atoms with Gasteiger partial charge in [-0.05, 0) is 145 Å². The lowest BCUT2D eigenvalue weighted by atomic mass is 10.0. The van der Waals surface area contributed by atoms with E-state index in [2.05, 4.69) is 200 Å². The largest absolute Gasteiger partial charge is 0.494 e. The molecule has 0 aliphatic carbocycles. The molecule has 6 aliphatic rings. The molecule has 16 nitrogen and oxygen atoms in total. The van der Waals surface area contributed by atoms with Crippen LogP contribution < -0.4 is 9.47 Å². The van der Waals surface area contributed by atoms with Crippen molar-refractivity contribution in [3.8, 4) is 57.4 Å². The fourth-order valence-corrected chi connectivity index (χ4v) is 14.5. The van der Waals surface area contributed by atoms with Gasteiger partial charge in [-0.15, -0.1) is 0 Å². The summed E-state index contributed by atoms with van der Waals surface area (Å²) in [5, 5.41) is 0. The van der Waals surface area contributed by atoms with Crippen molar-refractivity contribution in [1.29, 1.82) is 0 Å². The van der Waals surface area contributed by atoms with E-state index in [0.29, 0.717) is 120 Å². The van der Waals surface area contributed by atoms with Crippen LogP contribution in [0.2, 0.25) is 0 Å². The van der Waals surface area contributed by atoms with Crippen molar-refractivity contribution in [2.24, 2.45) is 43.6 Å². The van der Waals surface area contributed by atoms with Gasteiger partial charge in [0.2, 0.25) is 23.6 Å². The van der Waals surface area contributed by atoms with Gasteiger partial charge in [-0.2, -0.15) is 0 Å². The molecule has 6 aliphatic heterocycles. The second-order valence-corrected chi connectivity index (χ2v) is 31.6. The van der Waals surface area contributed by atoms with Crippen LogP contribution in [0.4, 0.5) is 0 Å². The fourth-order valence-electron chi connectivity index (χ4n) is 14.5. The van der Waals surface area contributed by atoms with Crippen LogP contribution >= 0.6 is 0 Å². The first-order valence-electron chi connectivity index (χ1n) is 41.3. The van der Waals surface area contributed by atoms with Gasteiger partial charge in [0.1, 0.15) is 60.7 Å². The van der Waals surface area contributed by atoms with Crippen LogP contribution in [0.25, 0.3) is 68.6 Å². The summed E-state index contributed by atoms with van der Waals surface area (Å²) >= 11 is 0. The minimum Gasteiger partial charge on any atom is -0.494 e. The molecule has 110 heavy (non-hydrogen) atoms. The number of fused-ring (bicyclic) bond motifs is 8. The van der Waals surface area contributed by atoms with Crippen LogP contribution in [-0.2, 0) is 18.9 Å². The number of pyridine rings is 2. The lowest BCUT2D eigenvalue weighted by Gasteiger charge is -2.09. The van der Waals surface area contributed by atoms with E-state index in [1.807, 2.05) is 24.3 Å². The quantitative estimate of drug-likeness (QED) is 0.0290. The van der Waals surface area contributed by atoms with Crippen LogP contribution in [0.1, 0.15) is 265 Å². The summed E-state index contributed by atoms with van der Waals surface area (Å²) in [5.41, 5.74) is 14.6. The van der Waals surface area contributed by atoms with Gasteiger partial charge >= 0.3 is 0 Å². The van der Waals surface area contributed by atoms with Gasteiger partial charge in [0.05, 0.1) is 82.3 Å². The number of H-pyrrole nitrogens is 2. The monoisotopic (exact) mass is 1480 g/mol. The highest BCUT2D eigenvalue weighted by molar-refractivity contribution is 6.00. The normalized spacial score (nSPS) is 17.0. The maximum Gasteiger partial charge on any atom is 0.235 e. The molecule has 5 aromatic heterocycles. The molecule has 8 bridgehead atoms. The Balaban J connectivity index is 0.954. The maximum absolute atomic E-state index is 6.45. The number of nitrogens with zero attached hydrogens (tertiary/aromatic N) is 8. The summed E-state index contributed by atoms with van der Waals surface area (Å²) < 4.78 is 38.1. The third kappa shape index (κ3) is 20.1. The number of nitrogens with one attached hydrogen (secondary N) is 2. The highest BCUT2D eigenvalue weighted by Crippen LogP contribution is 2.37. The van der Waals surface area contributed by atoms with Crippen LogP contribution in [0.5, 0.6) is 11.5 Å². The third-order valence-corrected chi connectivity index (χ3v) is 21.5. The Labute approximate surface area is 652 Å². The molecule has 0 spiro atoms. The van der Waals surface area contributed by atoms with Gasteiger partial charge in [-0.1, -0.05) is 233 Å². The van der Waals surface area contributed by atoms with Gasteiger partial charge in [-0.25, -0.2) is 39.9 Å². The summed E-state index contributed by atoms with van der Waals surface area (Å²) in [6.07, 6.45) is 33.6. The highest BCUT2D eigenvalue weighted by Gasteiger charge is 2.31. The summed E-state index contributed by atoms with van der Waals surface area (Å²) in [4.78, 5) is 49.3. The first-order valence-corrected chi connectivity index (χ1v) is 41.3. The lowest BCUT2D eigenvalue weighted by Crippen LogP contribution is -2.13. The minimum absolute atomic E-state index is 0.00351. The molecule has 13 rings (SSSR count). The molecule has 0 unspecified atom stereocenters. The van der Waals surface area contributed by atoms with Crippen LogP contribution in [-0.4, -0.2) is 117 Å². The zero-order valence-electron chi connectivity index (χ0n) is 66.6. The van der Waals surface area contributed by atoms with Crippen LogP contribution in [0.3, 0.4) is 0 Å². The SMILES string of the molecule is CCCCCCCCCCCCOc1ccc(-c2c3nc(c(C#Cc4cc(C5=N[C@@H](C(C)C)CO5)nc(C5=N[C@@H](C(C)C)CO5)c4)c4ccc([nH]4)c(-c4ccc(OCCCCCCCCCCCC)cc4)c4nc(c(C#Cc5cc(C6=N[C@@H](C(C)C)CO6)nc(C6=N[C@@H](C(C)C)CO6)c5)c5ccc2[nH]5)C=C4)C=C3)cc1. The van der Waals surface area contributed by atoms with E-state index in [1.165, 1.54) is 103 Å². The van der Waals surface area contributed by atoms with Crippen molar-refractivity contribution in [3.63, 3.8) is 0 Å². The molecule has 0 radical (unpaired) electrons. The first-order chi connectivity index (χ1) is 53.7. The summed E-state index contributed by atoms with van der Waals surface area (Å²) in [6.45, 7) is 25.1. The van der Waals surface area contributed by atoms with Crippen molar-refractivity contribution in [1.82, 2.24) is 29.9 Å². The van der Waals surface area contributed by atoms with Crippen LogP contribution in [0.15, 0.2) is 117 Å². The second kappa shape index (κ2) is 38.0. The van der Waals surface area contributed by atoms with Gasteiger partial charge in [0, 0.05) is 33.3 Å². The van der Waals surface area contributed by atoms with Gasteiger partial charge in [0.25, 0.3) is 0 Å². The number of rotatable bonds is 34. The van der Waals surface area contributed by atoms with Gasteiger partial charge in [-0.3, -0.25) is 0 Å².